The fraction of sp³-hybridized carbons (Fsp3) is 0.286. The van der Waals surface area contributed by atoms with Crippen molar-refractivity contribution in [3.05, 3.63) is 60.2 Å². The van der Waals surface area contributed by atoms with Crippen molar-refractivity contribution in [3.8, 4) is 11.1 Å². The van der Waals surface area contributed by atoms with Crippen LogP contribution in [0.2, 0.25) is 0 Å². The molecule has 1 amide bonds. The lowest BCUT2D eigenvalue weighted by Crippen LogP contribution is -2.59. The Hall–Kier alpha value is -2.79. The molecule has 0 saturated heterocycles. The van der Waals surface area contributed by atoms with Gasteiger partial charge in [0.25, 0.3) is 5.91 Å². The molecule has 5 nitrogen and oxygen atoms in total. The van der Waals surface area contributed by atoms with E-state index in [1.807, 2.05) is 42.5 Å². The average Bonchev–Trinajstić information content (AvgIpc) is 2.71. The third kappa shape index (κ3) is 3.58. The van der Waals surface area contributed by atoms with Crippen LogP contribution in [-0.2, 0) is 9.59 Å². The molecular weight excluding hydrogens is 330 g/mol. The van der Waals surface area contributed by atoms with Crippen LogP contribution in [0.4, 0.5) is 0 Å². The molecule has 0 heterocycles. The maximum atomic E-state index is 12.8. The molecular formula is C21H23NO4. The van der Waals surface area contributed by atoms with Crippen molar-refractivity contribution in [1.82, 2.24) is 4.90 Å². The summed E-state index contributed by atoms with van der Waals surface area (Å²) >= 11 is 0. The van der Waals surface area contributed by atoms with Crippen LogP contribution >= 0.6 is 0 Å². The Morgan fingerprint density at radius 3 is 1.96 bits per heavy atom. The first-order valence-electron chi connectivity index (χ1n) is 8.47. The highest BCUT2D eigenvalue weighted by molar-refractivity contribution is 6.14. The van der Waals surface area contributed by atoms with E-state index in [1.54, 1.807) is 19.1 Å². The van der Waals surface area contributed by atoms with Crippen LogP contribution in [0.15, 0.2) is 54.6 Å². The fourth-order valence-electron chi connectivity index (χ4n) is 2.86. The van der Waals surface area contributed by atoms with Crippen molar-refractivity contribution in [3.63, 3.8) is 0 Å². The third-order valence-electron chi connectivity index (χ3n) is 4.77. The van der Waals surface area contributed by atoms with E-state index in [4.69, 9.17) is 0 Å². The van der Waals surface area contributed by atoms with Crippen molar-refractivity contribution >= 4 is 17.5 Å². The van der Waals surface area contributed by atoms with E-state index in [9.17, 15) is 19.5 Å². The first kappa shape index (κ1) is 19.5. The number of carbonyl (C=O) groups is 3. The van der Waals surface area contributed by atoms with Gasteiger partial charge in [-0.3, -0.25) is 14.4 Å². The Morgan fingerprint density at radius 1 is 0.923 bits per heavy atom. The van der Waals surface area contributed by atoms with E-state index in [1.165, 1.54) is 14.0 Å². The number of aliphatic hydroxyl groups excluding tert-OH is 1. The van der Waals surface area contributed by atoms with Gasteiger partial charge in [0.2, 0.25) is 0 Å². The van der Waals surface area contributed by atoms with Gasteiger partial charge in [0.05, 0.1) is 0 Å². The number of carbonyl (C=O) groups excluding carboxylic acids is 3. The lowest BCUT2D eigenvalue weighted by atomic mass is 9.87. The summed E-state index contributed by atoms with van der Waals surface area (Å²) in [4.78, 5) is 38.5. The van der Waals surface area contributed by atoms with E-state index < -0.39 is 29.6 Å². The summed E-state index contributed by atoms with van der Waals surface area (Å²) in [7, 11) is 1.41. The summed E-state index contributed by atoms with van der Waals surface area (Å²) < 4.78 is 0. The Bertz CT molecular complexity index is 781. The maximum absolute atomic E-state index is 12.8. The van der Waals surface area contributed by atoms with Crippen molar-refractivity contribution in [1.29, 1.82) is 0 Å². The predicted molar refractivity (Wildman–Crippen MR) is 99.8 cm³/mol. The Balaban J connectivity index is 2.32. The number of benzene rings is 2. The van der Waals surface area contributed by atoms with E-state index in [-0.39, 0.29) is 6.42 Å². The molecule has 1 atom stereocenters. The van der Waals surface area contributed by atoms with E-state index in [0.29, 0.717) is 5.56 Å². The highest BCUT2D eigenvalue weighted by atomic mass is 16.3. The molecule has 0 radical (unpaired) electrons. The number of ketones is 2. The minimum Gasteiger partial charge on any atom is -0.388 e. The molecule has 0 saturated carbocycles. The number of amides is 1. The molecule has 5 heteroatoms. The summed E-state index contributed by atoms with van der Waals surface area (Å²) in [6.45, 7) is 2.21. The van der Waals surface area contributed by atoms with Gasteiger partial charge in [-0.2, -0.15) is 0 Å². The van der Waals surface area contributed by atoms with Gasteiger partial charge in [-0.15, -0.1) is 0 Å². The minimum absolute atomic E-state index is 0.0901. The molecule has 2 aromatic carbocycles. The fourth-order valence-corrected chi connectivity index (χ4v) is 2.86. The summed E-state index contributed by atoms with van der Waals surface area (Å²) in [6, 6.07) is 16.7. The van der Waals surface area contributed by atoms with Gasteiger partial charge in [0.15, 0.2) is 17.1 Å². The van der Waals surface area contributed by atoms with Gasteiger partial charge in [-0.05, 0) is 30.2 Å². The van der Waals surface area contributed by atoms with Crippen molar-refractivity contribution in [2.24, 2.45) is 0 Å². The normalized spacial score (nSPS) is 12.9. The quantitative estimate of drug-likeness (QED) is 0.777. The molecule has 0 spiro atoms. The Kier molecular flexibility index (Phi) is 6.05. The average molecular weight is 353 g/mol. The molecule has 136 valence electrons. The molecule has 0 fully saturated rings. The van der Waals surface area contributed by atoms with Gasteiger partial charge in [0.1, 0.15) is 6.61 Å². The molecule has 2 aromatic rings. The summed E-state index contributed by atoms with van der Waals surface area (Å²) in [6.07, 6.45) is 0.0901. The van der Waals surface area contributed by atoms with Gasteiger partial charge in [-0.1, -0.05) is 49.4 Å². The van der Waals surface area contributed by atoms with Crippen molar-refractivity contribution in [2.45, 2.75) is 25.8 Å². The zero-order valence-electron chi connectivity index (χ0n) is 15.2. The Morgan fingerprint density at radius 2 is 1.46 bits per heavy atom. The number of hydrogen-bond donors (Lipinski definition) is 1. The standard InChI is InChI=1S/C21H23NO4/c1-4-18(24)21(2,19(25)14-23)22(3)20(26)17-12-10-16(11-13-17)15-8-6-5-7-9-15/h5-13,23H,4,14H2,1-3H3. The molecule has 26 heavy (non-hydrogen) atoms. The van der Waals surface area contributed by atoms with Gasteiger partial charge < -0.3 is 10.0 Å². The molecule has 0 aliphatic heterocycles. The molecule has 1 unspecified atom stereocenters. The maximum Gasteiger partial charge on any atom is 0.254 e. The molecule has 2 rings (SSSR count). The van der Waals surface area contributed by atoms with Crippen LogP contribution < -0.4 is 0 Å². The molecule has 0 bridgehead atoms. The van der Waals surface area contributed by atoms with Crippen LogP contribution in [0.5, 0.6) is 0 Å². The first-order valence-corrected chi connectivity index (χ1v) is 8.47. The van der Waals surface area contributed by atoms with Crippen LogP contribution in [0.3, 0.4) is 0 Å². The van der Waals surface area contributed by atoms with Crippen LogP contribution in [0.1, 0.15) is 30.6 Å². The largest absolute Gasteiger partial charge is 0.388 e. The SMILES string of the molecule is CCC(=O)C(C)(C(=O)CO)N(C)C(=O)c1ccc(-c2ccccc2)cc1. The number of hydrogen-bond acceptors (Lipinski definition) is 4. The number of nitrogens with zero attached hydrogens (tertiary/aromatic N) is 1. The Labute approximate surface area is 153 Å². The smallest absolute Gasteiger partial charge is 0.254 e. The highest BCUT2D eigenvalue weighted by Gasteiger charge is 2.45. The minimum atomic E-state index is -1.68. The van der Waals surface area contributed by atoms with Gasteiger partial charge in [-0.25, -0.2) is 0 Å². The second-order valence-electron chi connectivity index (χ2n) is 6.24. The monoisotopic (exact) mass is 353 g/mol. The first-order chi connectivity index (χ1) is 12.4. The molecule has 1 N–H and O–H groups in total. The van der Waals surface area contributed by atoms with E-state index in [0.717, 1.165) is 16.0 Å². The zero-order chi connectivity index (χ0) is 19.3. The predicted octanol–water partition coefficient (Wildman–Crippen LogP) is 2.72. The topological polar surface area (TPSA) is 74.7 Å². The van der Waals surface area contributed by atoms with E-state index >= 15 is 0 Å². The summed E-state index contributed by atoms with van der Waals surface area (Å²) in [5, 5.41) is 9.24. The van der Waals surface area contributed by atoms with Crippen molar-refractivity contribution in [2.75, 3.05) is 13.7 Å². The van der Waals surface area contributed by atoms with Gasteiger partial charge >= 0.3 is 0 Å². The number of likely N-dealkylation sites (N-methyl/N-ethyl adjacent to an activating group) is 1. The molecule has 0 aliphatic carbocycles. The van der Waals surface area contributed by atoms with Crippen LogP contribution in [-0.4, -0.2) is 46.7 Å². The second kappa shape index (κ2) is 8.06. The highest BCUT2D eigenvalue weighted by Crippen LogP contribution is 2.23. The number of Topliss-reactive ketones (excluding diaryl/α,β-unsaturated/α-hetero) is 2. The zero-order valence-corrected chi connectivity index (χ0v) is 15.2. The van der Waals surface area contributed by atoms with E-state index in [2.05, 4.69) is 0 Å². The molecule has 0 aliphatic rings. The number of rotatable bonds is 7. The van der Waals surface area contributed by atoms with Crippen LogP contribution in [0, 0.1) is 0 Å². The van der Waals surface area contributed by atoms with Gasteiger partial charge in [0, 0.05) is 19.0 Å². The lowest BCUT2D eigenvalue weighted by molar-refractivity contribution is -0.141. The van der Waals surface area contributed by atoms with Crippen LogP contribution in [0.25, 0.3) is 11.1 Å². The third-order valence-corrected chi connectivity index (χ3v) is 4.77. The number of aliphatic hydroxyl groups is 1. The lowest BCUT2D eigenvalue weighted by Gasteiger charge is -2.35. The second-order valence-corrected chi connectivity index (χ2v) is 6.24. The van der Waals surface area contributed by atoms with Crippen molar-refractivity contribution < 1.29 is 19.5 Å². The summed E-state index contributed by atoms with van der Waals surface area (Å²) in [5.74, 6) is -1.55. The summed E-state index contributed by atoms with van der Waals surface area (Å²) in [5.41, 5.74) is 0.677. The molecule has 0 aromatic heterocycles.